The Morgan fingerprint density at radius 2 is 1.32 bits per heavy atom. The van der Waals surface area contributed by atoms with E-state index in [4.69, 9.17) is 4.74 Å². The Kier molecular flexibility index (Phi) is 7.91. The van der Waals surface area contributed by atoms with E-state index in [2.05, 4.69) is 13.2 Å². The average Bonchev–Trinajstić information content (AvgIpc) is 2.68. The summed E-state index contributed by atoms with van der Waals surface area (Å²) in [4.78, 5) is 36.4. The number of carbonyl (C=O) groups is 3. The summed E-state index contributed by atoms with van der Waals surface area (Å²) in [5.74, 6) is -1.19. The largest absolute Gasteiger partial charge is 0.423 e. The lowest BCUT2D eigenvalue weighted by molar-refractivity contribution is -0.138. The fourth-order valence-corrected chi connectivity index (χ4v) is 3.49. The molecule has 0 atom stereocenters. The summed E-state index contributed by atoms with van der Waals surface area (Å²) in [6.07, 6.45) is -4.83. The molecule has 31 heavy (non-hydrogen) atoms. The van der Waals surface area contributed by atoms with E-state index in [1.54, 1.807) is 6.92 Å². The molecule has 0 saturated carbocycles. The van der Waals surface area contributed by atoms with Gasteiger partial charge in [-0.25, -0.2) is 4.79 Å². The number of hydrogen-bond donors (Lipinski definition) is 0. The smallest absolute Gasteiger partial charge is 0.417 e. The maximum atomic E-state index is 13.5. The molecule has 2 rings (SSSR count). The van der Waals surface area contributed by atoms with Gasteiger partial charge in [0, 0.05) is 9.79 Å². The molecular weight excluding hydrogens is 449 g/mol. The number of ether oxygens (including phenoxy) is 1. The molecule has 0 N–H and O–H groups in total. The Labute approximate surface area is 185 Å². The van der Waals surface area contributed by atoms with Crippen molar-refractivity contribution in [1.82, 2.24) is 0 Å². The van der Waals surface area contributed by atoms with Gasteiger partial charge in [-0.1, -0.05) is 13.2 Å². The van der Waals surface area contributed by atoms with E-state index in [0.29, 0.717) is 22.2 Å². The maximum absolute atomic E-state index is 13.5. The average molecular weight is 467 g/mol. The molecule has 4 nitrogen and oxygen atoms in total. The van der Waals surface area contributed by atoms with Crippen molar-refractivity contribution in [3.8, 4) is 5.75 Å². The Balaban J connectivity index is 2.24. The SMILES string of the molecule is C=C(C)C(=O)Sc1ccc(OC(=O)c2ccc(SC(=O)C(=C)C)cc2C(F)(F)F)cc1. The van der Waals surface area contributed by atoms with Crippen LogP contribution >= 0.6 is 23.5 Å². The van der Waals surface area contributed by atoms with Crippen molar-refractivity contribution >= 4 is 39.7 Å². The number of thioether (sulfide) groups is 2. The zero-order valence-electron chi connectivity index (χ0n) is 16.5. The molecule has 162 valence electrons. The van der Waals surface area contributed by atoms with Crippen LogP contribution < -0.4 is 4.74 Å². The first-order chi connectivity index (χ1) is 14.4. The second-order valence-corrected chi connectivity index (χ2v) is 8.50. The van der Waals surface area contributed by atoms with Crippen LogP contribution in [0.2, 0.25) is 0 Å². The van der Waals surface area contributed by atoms with Gasteiger partial charge in [0.25, 0.3) is 0 Å². The molecule has 0 spiro atoms. The first-order valence-electron chi connectivity index (χ1n) is 8.67. The highest BCUT2D eigenvalue weighted by atomic mass is 32.2. The van der Waals surface area contributed by atoms with Crippen molar-refractivity contribution in [1.29, 1.82) is 0 Å². The first kappa shape index (κ1) is 24.5. The lowest BCUT2D eigenvalue weighted by Gasteiger charge is -2.14. The molecule has 0 radical (unpaired) electrons. The van der Waals surface area contributed by atoms with E-state index in [9.17, 15) is 27.6 Å². The molecule has 0 aliphatic heterocycles. The fraction of sp³-hybridized carbons (Fsp3) is 0.136. The normalized spacial score (nSPS) is 11.0. The summed E-state index contributed by atoms with van der Waals surface area (Å²) < 4.78 is 45.6. The van der Waals surface area contributed by atoms with E-state index < -0.39 is 28.4 Å². The maximum Gasteiger partial charge on any atom is 0.417 e. The van der Waals surface area contributed by atoms with Gasteiger partial charge in [0.05, 0.1) is 11.1 Å². The molecule has 0 aromatic heterocycles. The van der Waals surface area contributed by atoms with E-state index in [1.807, 2.05) is 0 Å². The van der Waals surface area contributed by atoms with Gasteiger partial charge in [-0.15, -0.1) is 0 Å². The molecular formula is C22H17F3O4S2. The molecule has 0 aliphatic carbocycles. The molecule has 0 amide bonds. The van der Waals surface area contributed by atoms with Gasteiger partial charge >= 0.3 is 12.1 Å². The van der Waals surface area contributed by atoms with Crippen molar-refractivity contribution in [3.63, 3.8) is 0 Å². The molecule has 2 aromatic carbocycles. The zero-order valence-corrected chi connectivity index (χ0v) is 18.2. The molecule has 0 unspecified atom stereocenters. The number of carbonyl (C=O) groups excluding carboxylic acids is 3. The second-order valence-electron chi connectivity index (χ2n) is 6.41. The Bertz CT molecular complexity index is 1060. The minimum Gasteiger partial charge on any atom is -0.423 e. The quantitative estimate of drug-likeness (QED) is 0.215. The lowest BCUT2D eigenvalue weighted by atomic mass is 10.1. The third-order valence-corrected chi connectivity index (χ3v) is 5.73. The van der Waals surface area contributed by atoms with Crippen LogP contribution in [0.25, 0.3) is 0 Å². The number of esters is 1. The predicted molar refractivity (Wildman–Crippen MR) is 114 cm³/mol. The van der Waals surface area contributed by atoms with Gasteiger partial charge in [0.2, 0.25) is 10.2 Å². The molecule has 0 aliphatic rings. The third-order valence-electron chi connectivity index (χ3n) is 3.67. The monoisotopic (exact) mass is 466 g/mol. The van der Waals surface area contributed by atoms with Crippen LogP contribution in [0.4, 0.5) is 13.2 Å². The Morgan fingerprint density at radius 1 is 0.839 bits per heavy atom. The third kappa shape index (κ3) is 6.86. The van der Waals surface area contributed by atoms with Crippen LogP contribution in [0.5, 0.6) is 5.75 Å². The number of alkyl halides is 3. The van der Waals surface area contributed by atoms with Crippen molar-refractivity contribution in [2.45, 2.75) is 29.8 Å². The highest BCUT2D eigenvalue weighted by Gasteiger charge is 2.36. The number of benzene rings is 2. The van der Waals surface area contributed by atoms with Gasteiger partial charge in [-0.3, -0.25) is 9.59 Å². The summed E-state index contributed by atoms with van der Waals surface area (Å²) >= 11 is 1.51. The van der Waals surface area contributed by atoms with Gasteiger partial charge in [0.1, 0.15) is 5.75 Å². The summed E-state index contributed by atoms with van der Waals surface area (Å²) in [6.45, 7) is 10.0. The Morgan fingerprint density at radius 3 is 1.81 bits per heavy atom. The van der Waals surface area contributed by atoms with Crippen LogP contribution in [0.15, 0.2) is 76.6 Å². The minimum absolute atomic E-state index is 0.0150. The van der Waals surface area contributed by atoms with E-state index in [-0.39, 0.29) is 21.3 Å². The molecule has 0 fully saturated rings. The topological polar surface area (TPSA) is 60.4 Å². The number of rotatable bonds is 6. The fourth-order valence-electron chi connectivity index (χ4n) is 2.13. The summed E-state index contributed by atoms with van der Waals surface area (Å²) in [7, 11) is 0. The first-order valence-corrected chi connectivity index (χ1v) is 10.3. The standard InChI is InChI=1S/C22H17F3O4S2/c1-12(2)20(27)30-15-7-5-14(6-8-15)29-19(26)17-10-9-16(31-21(28)13(3)4)11-18(17)22(23,24)25/h5-11H,1,3H2,2,4H3. The summed E-state index contributed by atoms with van der Waals surface area (Å²) in [6, 6.07) is 8.67. The van der Waals surface area contributed by atoms with Gasteiger partial charge < -0.3 is 4.74 Å². The van der Waals surface area contributed by atoms with Crippen LogP contribution in [0.3, 0.4) is 0 Å². The van der Waals surface area contributed by atoms with E-state index >= 15 is 0 Å². The Hall–Kier alpha value is -2.78. The van der Waals surface area contributed by atoms with Gasteiger partial charge in [0.15, 0.2) is 0 Å². The van der Waals surface area contributed by atoms with Crippen LogP contribution in [0, 0.1) is 0 Å². The summed E-state index contributed by atoms with van der Waals surface area (Å²) in [5.41, 5.74) is -1.34. The zero-order chi connectivity index (χ0) is 23.3. The highest BCUT2D eigenvalue weighted by Crippen LogP contribution is 2.36. The van der Waals surface area contributed by atoms with Crippen molar-refractivity contribution in [3.05, 3.63) is 77.9 Å². The van der Waals surface area contributed by atoms with Crippen LogP contribution in [0.1, 0.15) is 29.8 Å². The van der Waals surface area contributed by atoms with E-state index in [0.717, 1.165) is 23.9 Å². The van der Waals surface area contributed by atoms with Gasteiger partial charge in [-0.05, 0) is 91.0 Å². The molecule has 0 bridgehead atoms. The van der Waals surface area contributed by atoms with Gasteiger partial charge in [-0.2, -0.15) is 13.2 Å². The lowest BCUT2D eigenvalue weighted by Crippen LogP contribution is -2.17. The molecule has 9 heteroatoms. The molecule has 0 saturated heterocycles. The highest BCUT2D eigenvalue weighted by molar-refractivity contribution is 8.14. The number of halogens is 3. The van der Waals surface area contributed by atoms with Crippen LogP contribution in [-0.4, -0.2) is 16.2 Å². The van der Waals surface area contributed by atoms with E-state index in [1.165, 1.54) is 37.3 Å². The van der Waals surface area contributed by atoms with Crippen molar-refractivity contribution in [2.75, 3.05) is 0 Å². The number of hydrogen-bond acceptors (Lipinski definition) is 6. The van der Waals surface area contributed by atoms with Crippen molar-refractivity contribution in [2.24, 2.45) is 0 Å². The van der Waals surface area contributed by atoms with Crippen molar-refractivity contribution < 1.29 is 32.3 Å². The van der Waals surface area contributed by atoms with Crippen LogP contribution in [-0.2, 0) is 15.8 Å². The summed E-state index contributed by atoms with van der Waals surface area (Å²) in [5, 5.41) is -0.714. The predicted octanol–water partition coefficient (Wildman–Crippen LogP) is 6.31. The molecule has 2 aromatic rings. The minimum atomic E-state index is -4.83. The second kappa shape index (κ2) is 10.0. The molecule has 0 heterocycles.